The third-order valence-electron chi connectivity index (χ3n) is 2.82. The molecule has 0 saturated carbocycles. The number of primary amides is 1. The van der Waals surface area contributed by atoms with Gasteiger partial charge in [-0.1, -0.05) is 25.9 Å². The number of hydrogen-bond donors (Lipinski definition) is 2. The zero-order valence-corrected chi connectivity index (χ0v) is 12.7. The summed E-state index contributed by atoms with van der Waals surface area (Å²) in [5.74, 6) is -1.05. The van der Waals surface area contributed by atoms with Crippen molar-refractivity contribution in [3.63, 3.8) is 0 Å². The van der Waals surface area contributed by atoms with Crippen molar-refractivity contribution >= 4 is 17.7 Å². The summed E-state index contributed by atoms with van der Waals surface area (Å²) < 4.78 is 5.09. The van der Waals surface area contributed by atoms with Crippen LogP contribution in [0.1, 0.15) is 37.6 Å². The first kappa shape index (κ1) is 15.7. The first-order valence-electron chi connectivity index (χ1n) is 6.77. The molecule has 0 atom stereocenters. The summed E-state index contributed by atoms with van der Waals surface area (Å²) in [6.45, 7) is 5.80. The molecular formula is C15H18N4O3. The lowest BCUT2D eigenvalue weighted by atomic mass is 9.92. The van der Waals surface area contributed by atoms with Crippen molar-refractivity contribution in [1.82, 2.24) is 10.1 Å². The maximum atomic E-state index is 12.0. The third kappa shape index (κ3) is 3.69. The van der Waals surface area contributed by atoms with E-state index in [1.165, 1.54) is 6.20 Å². The smallest absolute Gasteiger partial charge is 0.256 e. The van der Waals surface area contributed by atoms with Gasteiger partial charge in [-0.3, -0.25) is 19.9 Å². The molecule has 0 saturated heterocycles. The minimum Gasteiger partial charge on any atom is -0.365 e. The van der Waals surface area contributed by atoms with Crippen molar-refractivity contribution in [2.45, 2.75) is 27.2 Å². The van der Waals surface area contributed by atoms with Gasteiger partial charge in [0.15, 0.2) is 0 Å². The van der Waals surface area contributed by atoms with E-state index in [1.54, 1.807) is 18.3 Å². The topological polar surface area (TPSA) is 111 Å². The molecule has 7 heteroatoms. The lowest BCUT2D eigenvalue weighted by molar-refractivity contribution is -0.117. The van der Waals surface area contributed by atoms with Crippen LogP contribution in [0.25, 0.3) is 11.3 Å². The molecule has 0 bridgehead atoms. The number of nitrogens with two attached hydrogens (primary N) is 1. The molecule has 0 aliphatic heterocycles. The average molecular weight is 302 g/mol. The normalized spacial score (nSPS) is 11.2. The van der Waals surface area contributed by atoms with Crippen LogP contribution in [0.3, 0.4) is 0 Å². The summed E-state index contributed by atoms with van der Waals surface area (Å²) >= 11 is 0. The van der Waals surface area contributed by atoms with Crippen LogP contribution in [0.15, 0.2) is 29.0 Å². The van der Waals surface area contributed by atoms with Gasteiger partial charge in [0.1, 0.15) is 11.3 Å². The fraction of sp³-hybridized carbons (Fsp3) is 0.333. The summed E-state index contributed by atoms with van der Waals surface area (Å²) in [6, 6.07) is 3.42. The Morgan fingerprint density at radius 2 is 2.09 bits per heavy atom. The molecule has 0 fully saturated rings. The molecular weight excluding hydrogens is 284 g/mol. The fourth-order valence-corrected chi connectivity index (χ4v) is 1.96. The minimum absolute atomic E-state index is 0.0373. The predicted molar refractivity (Wildman–Crippen MR) is 81.0 cm³/mol. The zero-order valence-electron chi connectivity index (χ0n) is 12.7. The molecule has 116 valence electrons. The lowest BCUT2D eigenvalue weighted by Gasteiger charge is -2.16. The highest BCUT2D eigenvalue weighted by Crippen LogP contribution is 2.28. The van der Waals surface area contributed by atoms with Crippen LogP contribution >= 0.6 is 0 Å². The molecule has 2 aromatic heterocycles. The number of nitrogens with zero attached hydrogens (tertiary/aromatic N) is 2. The number of nitrogens with one attached hydrogen (secondary N) is 1. The zero-order chi connectivity index (χ0) is 16.3. The molecule has 3 N–H and O–H groups in total. The molecule has 2 heterocycles. The Labute approximate surface area is 127 Å². The number of anilines is 1. The SMILES string of the molecule is CC(C)(C)CC(=O)Nc1onc(-c2cccnc2)c1C(N)=O. The van der Waals surface area contributed by atoms with Gasteiger partial charge in [-0.05, 0) is 17.5 Å². The van der Waals surface area contributed by atoms with E-state index in [0.29, 0.717) is 5.56 Å². The van der Waals surface area contributed by atoms with E-state index in [9.17, 15) is 9.59 Å². The largest absolute Gasteiger partial charge is 0.365 e. The molecule has 0 radical (unpaired) electrons. The maximum Gasteiger partial charge on any atom is 0.256 e. The van der Waals surface area contributed by atoms with Gasteiger partial charge in [-0.25, -0.2) is 0 Å². The van der Waals surface area contributed by atoms with Crippen LogP contribution in [-0.2, 0) is 4.79 Å². The number of pyridine rings is 1. The minimum atomic E-state index is -0.730. The van der Waals surface area contributed by atoms with Gasteiger partial charge in [0.25, 0.3) is 5.91 Å². The average Bonchev–Trinajstić information content (AvgIpc) is 2.81. The number of hydrogen-bond acceptors (Lipinski definition) is 5. The monoisotopic (exact) mass is 302 g/mol. The lowest BCUT2D eigenvalue weighted by Crippen LogP contribution is -2.21. The number of aromatic nitrogens is 2. The standard InChI is InChI=1S/C15H18N4O3/c1-15(2,3)7-10(20)18-14-11(13(16)21)12(19-22-14)9-5-4-6-17-8-9/h4-6,8H,7H2,1-3H3,(H2,16,21)(H,18,20). The first-order valence-corrected chi connectivity index (χ1v) is 6.77. The fourth-order valence-electron chi connectivity index (χ4n) is 1.96. The number of rotatable bonds is 4. The molecule has 0 aliphatic carbocycles. The van der Waals surface area contributed by atoms with Crippen molar-refractivity contribution in [2.75, 3.05) is 5.32 Å². The van der Waals surface area contributed by atoms with E-state index in [1.807, 2.05) is 20.8 Å². The molecule has 0 spiro atoms. The van der Waals surface area contributed by atoms with Crippen LogP contribution in [0, 0.1) is 5.41 Å². The second kappa shape index (κ2) is 5.97. The van der Waals surface area contributed by atoms with Gasteiger partial charge in [0.05, 0.1) is 0 Å². The van der Waals surface area contributed by atoms with Gasteiger partial charge < -0.3 is 10.3 Å². The summed E-state index contributed by atoms with van der Waals surface area (Å²) in [6.07, 6.45) is 3.40. The van der Waals surface area contributed by atoms with Gasteiger partial charge in [-0.15, -0.1) is 0 Å². The van der Waals surface area contributed by atoms with E-state index >= 15 is 0 Å². The van der Waals surface area contributed by atoms with Gasteiger partial charge >= 0.3 is 0 Å². The van der Waals surface area contributed by atoms with E-state index < -0.39 is 5.91 Å². The van der Waals surface area contributed by atoms with Crippen LogP contribution in [0.4, 0.5) is 5.88 Å². The van der Waals surface area contributed by atoms with Crippen LogP contribution in [-0.4, -0.2) is 22.0 Å². The molecule has 0 aromatic carbocycles. The summed E-state index contributed by atoms with van der Waals surface area (Å²) in [7, 11) is 0. The van der Waals surface area contributed by atoms with E-state index in [-0.39, 0.29) is 34.9 Å². The number of amides is 2. The second-order valence-corrected chi connectivity index (χ2v) is 6.13. The Morgan fingerprint density at radius 1 is 1.36 bits per heavy atom. The molecule has 0 aliphatic rings. The highest BCUT2D eigenvalue weighted by Gasteiger charge is 2.25. The van der Waals surface area contributed by atoms with Crippen LogP contribution < -0.4 is 11.1 Å². The van der Waals surface area contributed by atoms with E-state index in [2.05, 4.69) is 15.5 Å². The summed E-state index contributed by atoms with van der Waals surface area (Å²) in [5.41, 5.74) is 6.07. The Morgan fingerprint density at radius 3 is 2.64 bits per heavy atom. The van der Waals surface area contributed by atoms with Gasteiger partial charge in [-0.2, -0.15) is 0 Å². The van der Waals surface area contributed by atoms with Crippen molar-refractivity contribution in [1.29, 1.82) is 0 Å². The van der Waals surface area contributed by atoms with Crippen molar-refractivity contribution in [3.05, 3.63) is 30.1 Å². The Balaban J connectivity index is 2.32. The van der Waals surface area contributed by atoms with E-state index in [0.717, 1.165) is 0 Å². The van der Waals surface area contributed by atoms with E-state index in [4.69, 9.17) is 10.3 Å². The predicted octanol–water partition coefficient (Wildman–Crippen LogP) is 2.21. The Kier molecular flexibility index (Phi) is 4.25. The Bertz CT molecular complexity index is 687. The first-order chi connectivity index (χ1) is 10.3. The highest BCUT2D eigenvalue weighted by atomic mass is 16.5. The Hall–Kier alpha value is -2.70. The quantitative estimate of drug-likeness (QED) is 0.899. The molecule has 2 aromatic rings. The second-order valence-electron chi connectivity index (χ2n) is 6.13. The maximum absolute atomic E-state index is 12.0. The van der Waals surface area contributed by atoms with Gasteiger partial charge in [0, 0.05) is 24.4 Å². The van der Waals surface area contributed by atoms with Crippen molar-refractivity contribution in [3.8, 4) is 11.3 Å². The molecule has 7 nitrogen and oxygen atoms in total. The van der Waals surface area contributed by atoms with Crippen molar-refractivity contribution < 1.29 is 14.1 Å². The summed E-state index contributed by atoms with van der Waals surface area (Å²) in [5, 5.41) is 6.38. The molecule has 2 rings (SSSR count). The molecule has 22 heavy (non-hydrogen) atoms. The molecule has 0 unspecified atom stereocenters. The van der Waals surface area contributed by atoms with Crippen molar-refractivity contribution in [2.24, 2.45) is 11.1 Å². The number of carbonyl (C=O) groups is 2. The summed E-state index contributed by atoms with van der Waals surface area (Å²) in [4.78, 5) is 27.6. The van der Waals surface area contributed by atoms with Crippen LogP contribution in [0.2, 0.25) is 0 Å². The van der Waals surface area contributed by atoms with Gasteiger partial charge in [0.2, 0.25) is 11.8 Å². The third-order valence-corrected chi connectivity index (χ3v) is 2.82. The number of carbonyl (C=O) groups excluding carboxylic acids is 2. The van der Waals surface area contributed by atoms with Crippen LogP contribution in [0.5, 0.6) is 0 Å². The highest BCUT2D eigenvalue weighted by molar-refractivity contribution is 6.05. The molecule has 2 amide bonds.